The van der Waals surface area contributed by atoms with Crippen LogP contribution >= 0.6 is 0 Å². The van der Waals surface area contributed by atoms with Gasteiger partial charge in [0, 0.05) is 6.42 Å². The van der Waals surface area contributed by atoms with Crippen LogP contribution in [0.5, 0.6) is 0 Å². The van der Waals surface area contributed by atoms with Crippen LogP contribution in [0.3, 0.4) is 0 Å². The van der Waals surface area contributed by atoms with Gasteiger partial charge in [0.15, 0.2) is 0 Å². The van der Waals surface area contributed by atoms with Crippen LogP contribution in [0.2, 0.25) is 0 Å². The minimum absolute atomic E-state index is 0.111. The molecular weight excluding hydrogens is 178 g/mol. The molecule has 0 aliphatic carbocycles. The van der Waals surface area contributed by atoms with Crippen molar-refractivity contribution in [3.05, 3.63) is 24.2 Å². The molecule has 0 spiro atoms. The van der Waals surface area contributed by atoms with Crippen LogP contribution < -0.4 is 0 Å². The highest BCUT2D eigenvalue weighted by Crippen LogP contribution is 2.06. The molecule has 64 valence electrons. The van der Waals surface area contributed by atoms with E-state index in [1.165, 1.54) is 6.26 Å². The van der Waals surface area contributed by atoms with E-state index in [4.69, 9.17) is 9.68 Å². The van der Waals surface area contributed by atoms with Gasteiger partial charge in [-0.2, -0.15) is 5.26 Å². The van der Waals surface area contributed by atoms with Crippen molar-refractivity contribution < 1.29 is 13.2 Å². The van der Waals surface area contributed by atoms with Crippen molar-refractivity contribution in [3.8, 4) is 6.07 Å². The first kappa shape index (κ1) is 8.97. The normalized spacial score (nSPS) is 15.0. The lowest BCUT2D eigenvalue weighted by atomic mass is 10.3. The fourth-order valence-corrected chi connectivity index (χ4v) is 1.15. The quantitative estimate of drug-likeness (QED) is 0.644. The number of rotatable bonds is 3. The Morgan fingerprint density at radius 1 is 1.83 bits per heavy atom. The summed E-state index contributed by atoms with van der Waals surface area (Å²) in [4.78, 5) is 0. The molecule has 0 N–H and O–H groups in total. The van der Waals surface area contributed by atoms with Gasteiger partial charge < -0.3 is 8.97 Å². The topological polar surface area (TPSA) is 77.1 Å². The molecule has 0 aliphatic heterocycles. The van der Waals surface area contributed by atoms with Crippen molar-refractivity contribution in [1.82, 2.24) is 0 Å². The molecule has 12 heavy (non-hydrogen) atoms. The maximum Gasteiger partial charge on any atom is 0.115 e. The maximum atomic E-state index is 10.4. The van der Waals surface area contributed by atoms with Crippen LogP contribution in [0.25, 0.3) is 0 Å². The van der Waals surface area contributed by atoms with Crippen LogP contribution in [0.1, 0.15) is 5.76 Å². The van der Waals surface area contributed by atoms with Gasteiger partial charge in [-0.15, -0.1) is 0 Å². The predicted molar refractivity (Wildman–Crippen MR) is 40.7 cm³/mol. The van der Waals surface area contributed by atoms with E-state index in [1.807, 2.05) is 0 Å². The summed E-state index contributed by atoms with van der Waals surface area (Å²) in [6, 6.07) is 4.95. The van der Waals surface area contributed by atoms with E-state index in [-0.39, 0.29) is 6.42 Å². The number of nitrogens with zero attached hydrogens (tertiary/aromatic N) is 1. The van der Waals surface area contributed by atoms with Gasteiger partial charge in [0.05, 0.1) is 12.3 Å². The van der Waals surface area contributed by atoms with Gasteiger partial charge >= 0.3 is 0 Å². The Morgan fingerprint density at radius 3 is 3.00 bits per heavy atom. The highest BCUT2D eigenvalue weighted by Gasteiger charge is 2.10. The average Bonchev–Trinajstić information content (AvgIpc) is 2.51. The zero-order chi connectivity index (χ0) is 8.97. The summed E-state index contributed by atoms with van der Waals surface area (Å²) in [5.74, 6) is 0.505. The van der Waals surface area contributed by atoms with E-state index >= 15 is 0 Å². The third kappa shape index (κ3) is 2.19. The molecule has 1 aromatic rings. The zero-order valence-electron chi connectivity index (χ0n) is 6.10. The van der Waals surface area contributed by atoms with E-state index < -0.39 is 16.3 Å². The number of furan rings is 1. The van der Waals surface area contributed by atoms with Crippen LogP contribution in [-0.2, 0) is 17.5 Å². The van der Waals surface area contributed by atoms with E-state index in [1.54, 1.807) is 18.2 Å². The van der Waals surface area contributed by atoms with Crippen LogP contribution in [0.15, 0.2) is 22.8 Å². The van der Waals surface area contributed by atoms with Crippen molar-refractivity contribution in [1.29, 1.82) is 5.26 Å². The Balaban J connectivity index is 2.62. The van der Waals surface area contributed by atoms with E-state index in [2.05, 4.69) is 0 Å². The molecule has 0 bridgehead atoms. The molecule has 0 aliphatic rings. The van der Waals surface area contributed by atoms with E-state index in [0.717, 1.165) is 0 Å². The third-order valence-electron chi connectivity index (χ3n) is 1.34. The summed E-state index contributed by atoms with van der Waals surface area (Å²) in [5.41, 5.74) is 0. The molecule has 1 unspecified atom stereocenters. The lowest BCUT2D eigenvalue weighted by Crippen LogP contribution is -2.14. The first-order valence-electron chi connectivity index (χ1n) is 3.24. The molecule has 0 saturated carbocycles. The van der Waals surface area contributed by atoms with Gasteiger partial charge in [-0.05, 0) is 23.2 Å². The Labute approximate surface area is 72.1 Å². The van der Waals surface area contributed by atoms with Crippen molar-refractivity contribution in [2.75, 3.05) is 0 Å². The van der Waals surface area contributed by atoms with Gasteiger partial charge in [-0.3, -0.25) is 4.21 Å². The summed E-state index contributed by atoms with van der Waals surface area (Å²) >= 11 is -2.36. The highest BCUT2D eigenvalue weighted by atomic mass is 32.2. The Hall–Kier alpha value is -1.12. The van der Waals surface area contributed by atoms with Gasteiger partial charge in [0.2, 0.25) is 0 Å². The molecule has 1 heterocycles. The van der Waals surface area contributed by atoms with Crippen molar-refractivity contribution >= 4 is 11.1 Å². The molecule has 0 aromatic carbocycles. The smallest absolute Gasteiger partial charge is 0.115 e. The van der Waals surface area contributed by atoms with Crippen LogP contribution in [0, 0.1) is 11.3 Å². The number of hydrogen-bond acceptors (Lipinski definition) is 4. The van der Waals surface area contributed by atoms with Crippen molar-refractivity contribution in [3.63, 3.8) is 0 Å². The van der Waals surface area contributed by atoms with Crippen molar-refractivity contribution in [2.24, 2.45) is 0 Å². The maximum absolute atomic E-state index is 10.4. The van der Waals surface area contributed by atoms with Gasteiger partial charge in [-0.25, -0.2) is 0 Å². The minimum atomic E-state index is -2.36. The Kier molecular flexibility index (Phi) is 3.02. The predicted octanol–water partition coefficient (Wildman–Crippen LogP) is 0.593. The molecule has 0 radical (unpaired) electrons. The molecule has 0 amide bonds. The molecule has 1 aromatic heterocycles. The average molecular weight is 184 g/mol. The summed E-state index contributed by atoms with van der Waals surface area (Å²) in [6.45, 7) is 0. The first-order chi connectivity index (χ1) is 5.74. The second-order valence-electron chi connectivity index (χ2n) is 2.16. The van der Waals surface area contributed by atoms with Crippen LogP contribution in [0.4, 0.5) is 0 Å². The monoisotopic (exact) mass is 184 g/mol. The van der Waals surface area contributed by atoms with Gasteiger partial charge in [0.1, 0.15) is 11.0 Å². The molecule has 2 atom stereocenters. The number of hydrogen-bond donors (Lipinski definition) is 0. The highest BCUT2D eigenvalue weighted by molar-refractivity contribution is 7.80. The molecule has 4 nitrogen and oxygen atoms in total. The molecule has 0 fully saturated rings. The van der Waals surface area contributed by atoms with Gasteiger partial charge in [-0.1, -0.05) is 0 Å². The molecular formula is C7H6NO3S-. The number of nitriles is 1. The largest absolute Gasteiger partial charge is 0.771 e. The SMILES string of the molecule is N#C[C@@H](Cc1ccco1)S(=O)[O-]. The molecule has 0 saturated heterocycles. The van der Waals surface area contributed by atoms with Crippen LogP contribution in [-0.4, -0.2) is 14.0 Å². The molecule has 5 heteroatoms. The molecule has 1 rings (SSSR count). The van der Waals surface area contributed by atoms with E-state index in [9.17, 15) is 8.76 Å². The fraction of sp³-hybridized carbons (Fsp3) is 0.286. The zero-order valence-corrected chi connectivity index (χ0v) is 6.91. The lowest BCUT2D eigenvalue weighted by molar-refractivity contribution is 0.496. The third-order valence-corrected chi connectivity index (χ3v) is 2.08. The summed E-state index contributed by atoms with van der Waals surface area (Å²) in [7, 11) is 0. The summed E-state index contributed by atoms with van der Waals surface area (Å²) < 4.78 is 25.7. The summed E-state index contributed by atoms with van der Waals surface area (Å²) in [5, 5.41) is 7.39. The van der Waals surface area contributed by atoms with Gasteiger partial charge in [0.25, 0.3) is 0 Å². The minimum Gasteiger partial charge on any atom is -0.771 e. The second-order valence-corrected chi connectivity index (χ2v) is 3.25. The van der Waals surface area contributed by atoms with E-state index in [0.29, 0.717) is 5.76 Å². The second kappa shape index (κ2) is 4.04. The standard InChI is InChI=1S/C7H7NO3S/c8-5-7(12(9)10)4-6-2-1-3-11-6/h1-3,7H,4H2,(H,9,10)/p-1/t7-/m1/s1. The fourth-order valence-electron chi connectivity index (χ4n) is 0.768. The Morgan fingerprint density at radius 2 is 2.58 bits per heavy atom. The first-order valence-corrected chi connectivity index (χ1v) is 4.38. The Bertz CT molecular complexity index is 301. The lowest BCUT2D eigenvalue weighted by Gasteiger charge is -2.09. The van der Waals surface area contributed by atoms with Crippen molar-refractivity contribution in [2.45, 2.75) is 11.7 Å². The summed E-state index contributed by atoms with van der Waals surface area (Å²) in [6.07, 6.45) is 1.55.